The van der Waals surface area contributed by atoms with Crippen LogP contribution in [0.2, 0.25) is 0 Å². The third-order valence-corrected chi connectivity index (χ3v) is 3.97. The first kappa shape index (κ1) is 12.0. The van der Waals surface area contributed by atoms with Crippen LogP contribution in [0.5, 0.6) is 0 Å². The molecule has 5 nitrogen and oxygen atoms in total. The average molecular weight is 229 g/mol. The number of hydrogen-bond acceptors (Lipinski definition) is 5. The topological polar surface area (TPSA) is 70.0 Å². The Morgan fingerprint density at radius 3 is 2.75 bits per heavy atom. The van der Waals surface area contributed by atoms with Gasteiger partial charge < -0.3 is 14.9 Å². The van der Waals surface area contributed by atoms with Gasteiger partial charge in [-0.25, -0.2) is 0 Å². The van der Waals surface area contributed by atoms with Gasteiger partial charge in [0, 0.05) is 20.2 Å². The highest BCUT2D eigenvalue weighted by molar-refractivity contribution is 5.93. The quantitative estimate of drug-likeness (QED) is 0.651. The molecule has 2 bridgehead atoms. The highest BCUT2D eigenvalue weighted by Crippen LogP contribution is 2.41. The number of piperidine rings is 3. The van der Waals surface area contributed by atoms with E-state index < -0.39 is 11.1 Å². The van der Waals surface area contributed by atoms with Crippen molar-refractivity contribution in [3.63, 3.8) is 0 Å². The Bertz CT molecular complexity index is 304. The Balaban J connectivity index is 2.34. The van der Waals surface area contributed by atoms with Crippen LogP contribution in [0.25, 0.3) is 0 Å². The van der Waals surface area contributed by atoms with Gasteiger partial charge in [-0.1, -0.05) is 0 Å². The molecule has 0 saturated carbocycles. The zero-order valence-electron chi connectivity index (χ0n) is 9.77. The third-order valence-electron chi connectivity index (χ3n) is 3.97. The molecule has 0 amide bonds. The van der Waals surface area contributed by atoms with Crippen LogP contribution in [0.15, 0.2) is 0 Å². The molecule has 0 aromatic heterocycles. The zero-order valence-corrected chi connectivity index (χ0v) is 9.77. The molecular formula is C11H19NO4. The monoisotopic (exact) mass is 229 g/mol. The maximum Gasteiger partial charge on any atom is 0.163 e. The van der Waals surface area contributed by atoms with Crippen molar-refractivity contribution < 1.29 is 19.7 Å². The molecule has 3 saturated heterocycles. The van der Waals surface area contributed by atoms with Crippen LogP contribution < -0.4 is 0 Å². The van der Waals surface area contributed by atoms with Crippen LogP contribution in [0, 0.1) is 5.92 Å². The number of ether oxygens (including phenoxy) is 1. The second-order valence-electron chi connectivity index (χ2n) is 5.11. The Morgan fingerprint density at radius 2 is 2.31 bits per heavy atom. The van der Waals surface area contributed by atoms with E-state index in [1.807, 2.05) is 4.90 Å². The van der Waals surface area contributed by atoms with Gasteiger partial charge in [0.05, 0.1) is 24.7 Å². The van der Waals surface area contributed by atoms with E-state index in [1.54, 1.807) is 6.92 Å². The number of β-amino-alcohol motifs (C(OH)–C–C–N with tert-alkyl or cyclic N) is 1. The number of methoxy groups -OCH3 is 1. The minimum Gasteiger partial charge on any atom is -0.394 e. The minimum atomic E-state index is -0.970. The Kier molecular flexibility index (Phi) is 2.82. The molecule has 3 rings (SSSR count). The second kappa shape index (κ2) is 3.77. The third kappa shape index (κ3) is 1.43. The van der Waals surface area contributed by atoms with E-state index in [2.05, 4.69) is 0 Å². The molecule has 3 aliphatic heterocycles. The number of carbonyl (C=O) groups is 1. The fourth-order valence-electron chi connectivity index (χ4n) is 3.06. The lowest BCUT2D eigenvalue weighted by molar-refractivity contribution is -0.188. The first-order valence-corrected chi connectivity index (χ1v) is 5.59. The van der Waals surface area contributed by atoms with E-state index in [1.165, 1.54) is 7.11 Å². The molecule has 0 spiro atoms. The van der Waals surface area contributed by atoms with Crippen molar-refractivity contribution in [2.45, 2.75) is 24.5 Å². The molecule has 5 heteroatoms. The maximum atomic E-state index is 12.3. The van der Waals surface area contributed by atoms with Gasteiger partial charge in [-0.3, -0.25) is 9.69 Å². The van der Waals surface area contributed by atoms with Gasteiger partial charge in [0.15, 0.2) is 5.78 Å². The summed E-state index contributed by atoms with van der Waals surface area (Å²) in [5.41, 5.74) is -1.90. The lowest BCUT2D eigenvalue weighted by Gasteiger charge is -2.57. The lowest BCUT2D eigenvalue weighted by Crippen LogP contribution is -2.75. The van der Waals surface area contributed by atoms with Crippen molar-refractivity contribution >= 4 is 5.78 Å². The minimum absolute atomic E-state index is 0.0839. The van der Waals surface area contributed by atoms with Crippen molar-refractivity contribution in [2.24, 2.45) is 5.92 Å². The summed E-state index contributed by atoms with van der Waals surface area (Å²) >= 11 is 0. The van der Waals surface area contributed by atoms with Gasteiger partial charge in [0.2, 0.25) is 0 Å². The molecular weight excluding hydrogens is 210 g/mol. The fourth-order valence-corrected chi connectivity index (χ4v) is 3.06. The van der Waals surface area contributed by atoms with Crippen LogP contribution in [-0.4, -0.2) is 65.4 Å². The van der Waals surface area contributed by atoms with E-state index >= 15 is 0 Å². The van der Waals surface area contributed by atoms with Gasteiger partial charge >= 0.3 is 0 Å². The Hall–Kier alpha value is -0.490. The molecule has 0 aliphatic carbocycles. The van der Waals surface area contributed by atoms with E-state index in [0.717, 1.165) is 6.54 Å². The highest BCUT2D eigenvalue weighted by Gasteiger charge is 2.60. The van der Waals surface area contributed by atoms with Crippen molar-refractivity contribution in [1.82, 2.24) is 4.90 Å². The standard InChI is InChI=1S/C11H19NO4/c1-10(15)5-12-4-3-8(10)9(14)11(12,6-13)7-16-2/h8,13,15H,3-7H2,1-2H3. The average Bonchev–Trinajstić information content (AvgIpc) is 2.22. The molecule has 3 aliphatic rings. The molecule has 2 N–H and O–H groups in total. The van der Waals surface area contributed by atoms with Gasteiger partial charge in [-0.05, 0) is 13.3 Å². The Labute approximate surface area is 95.0 Å². The first-order valence-electron chi connectivity index (χ1n) is 5.59. The predicted molar refractivity (Wildman–Crippen MR) is 57.0 cm³/mol. The van der Waals surface area contributed by atoms with E-state index in [4.69, 9.17) is 4.74 Å². The fraction of sp³-hybridized carbons (Fsp3) is 0.909. The summed E-state index contributed by atoms with van der Waals surface area (Å²) in [6, 6.07) is 0. The van der Waals surface area contributed by atoms with E-state index in [9.17, 15) is 15.0 Å². The van der Waals surface area contributed by atoms with E-state index in [0.29, 0.717) is 13.0 Å². The SMILES string of the molecule is COCC1(CO)C(=O)C2CCN1CC2(C)O. The van der Waals surface area contributed by atoms with Gasteiger partial charge in [0.1, 0.15) is 5.54 Å². The molecule has 92 valence electrons. The number of fused-ring (bicyclic) bond motifs is 3. The van der Waals surface area contributed by atoms with E-state index in [-0.39, 0.29) is 24.9 Å². The smallest absolute Gasteiger partial charge is 0.163 e. The predicted octanol–water partition coefficient (Wildman–Crippen LogP) is -0.980. The van der Waals surface area contributed by atoms with Gasteiger partial charge in [-0.15, -0.1) is 0 Å². The molecule has 3 heterocycles. The number of hydrogen-bond donors (Lipinski definition) is 2. The summed E-state index contributed by atoms with van der Waals surface area (Å²) in [5, 5.41) is 19.7. The van der Waals surface area contributed by atoms with Crippen LogP contribution in [0.1, 0.15) is 13.3 Å². The normalized spacial score (nSPS) is 47.4. The summed E-state index contributed by atoms with van der Waals surface area (Å²) in [5.74, 6) is -0.459. The van der Waals surface area contributed by atoms with Crippen molar-refractivity contribution in [3.05, 3.63) is 0 Å². The lowest BCUT2D eigenvalue weighted by atomic mass is 9.67. The molecule has 0 radical (unpaired) electrons. The van der Waals surface area contributed by atoms with Gasteiger partial charge in [0.25, 0.3) is 0 Å². The number of carbonyl (C=O) groups excluding carboxylic acids is 1. The Morgan fingerprint density at radius 1 is 1.62 bits per heavy atom. The maximum absolute atomic E-state index is 12.3. The first-order chi connectivity index (χ1) is 7.48. The number of rotatable bonds is 3. The summed E-state index contributed by atoms with van der Waals surface area (Å²) in [6.45, 7) is 2.79. The second-order valence-corrected chi connectivity index (χ2v) is 5.11. The largest absolute Gasteiger partial charge is 0.394 e. The molecule has 0 aromatic carbocycles. The number of Topliss-reactive ketones (excluding diaryl/α,β-unsaturated/α-hetero) is 1. The van der Waals surface area contributed by atoms with Crippen molar-refractivity contribution in [2.75, 3.05) is 33.4 Å². The molecule has 16 heavy (non-hydrogen) atoms. The van der Waals surface area contributed by atoms with Crippen LogP contribution >= 0.6 is 0 Å². The summed E-state index contributed by atoms with van der Waals surface area (Å²) in [6.07, 6.45) is 0.664. The molecule has 4 atom stereocenters. The van der Waals surface area contributed by atoms with Gasteiger partial charge in [-0.2, -0.15) is 0 Å². The summed E-state index contributed by atoms with van der Waals surface area (Å²) in [7, 11) is 1.52. The molecule has 3 fully saturated rings. The number of aliphatic hydroxyl groups is 2. The van der Waals surface area contributed by atoms with Crippen molar-refractivity contribution in [1.29, 1.82) is 0 Å². The zero-order chi connectivity index (χ0) is 12.0. The van der Waals surface area contributed by atoms with Crippen molar-refractivity contribution in [3.8, 4) is 0 Å². The van der Waals surface area contributed by atoms with Crippen LogP contribution in [0.4, 0.5) is 0 Å². The summed E-state index contributed by atoms with van der Waals surface area (Å²) < 4.78 is 5.06. The highest BCUT2D eigenvalue weighted by atomic mass is 16.5. The van der Waals surface area contributed by atoms with Crippen LogP contribution in [0.3, 0.4) is 0 Å². The molecule has 0 aromatic rings. The summed E-state index contributed by atoms with van der Waals surface area (Å²) in [4.78, 5) is 14.2. The number of ketones is 1. The molecule has 4 unspecified atom stereocenters. The number of nitrogens with zero attached hydrogens (tertiary/aromatic N) is 1. The van der Waals surface area contributed by atoms with Crippen LogP contribution in [-0.2, 0) is 9.53 Å². The number of aliphatic hydroxyl groups excluding tert-OH is 1.